The van der Waals surface area contributed by atoms with Crippen LogP contribution in [0.1, 0.15) is 34.6 Å². The lowest BCUT2D eigenvalue weighted by atomic mass is 9.88. The zero-order valence-corrected chi connectivity index (χ0v) is 10.5. The largest absolute Gasteiger partial charge is 0.394 e. The summed E-state index contributed by atoms with van der Waals surface area (Å²) in [7, 11) is 0. The van der Waals surface area contributed by atoms with Gasteiger partial charge in [-0.25, -0.2) is 4.89 Å². The van der Waals surface area contributed by atoms with Gasteiger partial charge in [0.05, 0.1) is 6.61 Å². The second-order valence-corrected chi connectivity index (χ2v) is 4.48. The van der Waals surface area contributed by atoms with Crippen LogP contribution in [0.15, 0.2) is 0 Å². The van der Waals surface area contributed by atoms with Gasteiger partial charge in [-0.15, -0.1) is 0 Å². The number of hydrogen-bond acceptors (Lipinski definition) is 4. The predicted octanol–water partition coefficient (Wildman–Crippen LogP) is 1.76. The van der Waals surface area contributed by atoms with E-state index in [1.165, 1.54) is 0 Å². The highest BCUT2D eigenvalue weighted by molar-refractivity contribution is 4.59. The van der Waals surface area contributed by atoms with E-state index in [9.17, 15) is 0 Å². The maximum atomic E-state index is 8.32. The van der Waals surface area contributed by atoms with Gasteiger partial charge < -0.3 is 10.2 Å². The summed E-state index contributed by atoms with van der Waals surface area (Å²) in [6.07, 6.45) is -0.968. The summed E-state index contributed by atoms with van der Waals surface area (Å²) in [5.41, 5.74) is 0. The molecule has 0 heterocycles. The molecule has 1 unspecified atom stereocenters. The van der Waals surface area contributed by atoms with Gasteiger partial charge in [-0.05, 0) is 17.8 Å². The monoisotopic (exact) mass is 222 g/mol. The van der Waals surface area contributed by atoms with Crippen molar-refractivity contribution in [3.05, 3.63) is 0 Å². The van der Waals surface area contributed by atoms with Crippen LogP contribution >= 0.6 is 0 Å². The summed E-state index contributed by atoms with van der Waals surface area (Å²) in [5, 5.41) is 23.9. The molecule has 0 aromatic carbocycles. The van der Waals surface area contributed by atoms with Crippen LogP contribution in [0.5, 0.6) is 0 Å². The third-order valence-electron chi connectivity index (χ3n) is 2.58. The van der Waals surface area contributed by atoms with E-state index >= 15 is 0 Å². The Morgan fingerprint density at radius 3 is 1.47 bits per heavy atom. The van der Waals surface area contributed by atoms with Gasteiger partial charge in [-0.3, -0.25) is 5.26 Å². The highest BCUT2D eigenvalue weighted by Gasteiger charge is 2.09. The maximum absolute atomic E-state index is 8.32. The van der Waals surface area contributed by atoms with Gasteiger partial charge in [-0.2, -0.15) is 0 Å². The molecule has 0 amide bonds. The minimum Gasteiger partial charge on any atom is -0.394 e. The zero-order chi connectivity index (χ0) is 12.4. The van der Waals surface area contributed by atoms with Crippen LogP contribution in [0.2, 0.25) is 0 Å². The molecule has 15 heavy (non-hydrogen) atoms. The first-order valence-corrected chi connectivity index (χ1v) is 5.42. The van der Waals surface area contributed by atoms with Crippen molar-refractivity contribution in [3.63, 3.8) is 0 Å². The fourth-order valence-electron chi connectivity index (χ4n) is 0.909. The van der Waals surface area contributed by atoms with Crippen LogP contribution in [0.4, 0.5) is 0 Å². The minimum atomic E-state index is -0.968. The van der Waals surface area contributed by atoms with Crippen LogP contribution in [-0.4, -0.2) is 34.8 Å². The zero-order valence-electron chi connectivity index (χ0n) is 10.5. The van der Waals surface area contributed by atoms with Crippen molar-refractivity contribution in [2.45, 2.75) is 40.7 Å². The Labute approximate surface area is 92.8 Å². The molecule has 0 fully saturated rings. The van der Waals surface area contributed by atoms with Crippen molar-refractivity contribution in [1.29, 1.82) is 0 Å². The number of aliphatic hydroxyl groups is 2. The number of rotatable bonds is 5. The Bertz CT molecular complexity index is 118. The van der Waals surface area contributed by atoms with Crippen molar-refractivity contribution in [2.75, 3.05) is 13.2 Å². The maximum Gasteiger partial charge on any atom is 0.110 e. The summed E-state index contributed by atoms with van der Waals surface area (Å²) in [6.45, 7) is 10.8. The summed E-state index contributed by atoms with van der Waals surface area (Å²) in [6, 6.07) is 0. The SMILES string of the molecule is CC(C)C(C)C(C)C.OCC(O)COO. The Kier molecular flexibility index (Phi) is 11.9. The van der Waals surface area contributed by atoms with Crippen molar-refractivity contribution in [2.24, 2.45) is 17.8 Å². The molecule has 4 heteroatoms. The molecule has 0 bridgehead atoms. The highest BCUT2D eigenvalue weighted by atomic mass is 17.1. The summed E-state index contributed by atoms with van der Waals surface area (Å²) in [4.78, 5) is 3.48. The second kappa shape index (κ2) is 10.4. The van der Waals surface area contributed by atoms with E-state index in [1.807, 2.05) is 0 Å². The smallest absolute Gasteiger partial charge is 0.110 e. The van der Waals surface area contributed by atoms with Crippen LogP contribution in [-0.2, 0) is 4.89 Å². The third kappa shape index (κ3) is 11.8. The summed E-state index contributed by atoms with van der Waals surface area (Å²) in [5.74, 6) is 2.56. The first-order chi connectivity index (χ1) is 6.86. The first-order valence-electron chi connectivity index (χ1n) is 5.42. The van der Waals surface area contributed by atoms with Crippen molar-refractivity contribution < 1.29 is 20.4 Å². The quantitative estimate of drug-likeness (QED) is 0.490. The molecule has 0 aliphatic carbocycles. The Hall–Kier alpha value is -0.160. The third-order valence-corrected chi connectivity index (χ3v) is 2.58. The van der Waals surface area contributed by atoms with E-state index < -0.39 is 6.10 Å². The van der Waals surface area contributed by atoms with E-state index in [0.29, 0.717) is 0 Å². The molecular weight excluding hydrogens is 196 g/mol. The Morgan fingerprint density at radius 2 is 1.40 bits per heavy atom. The minimum absolute atomic E-state index is 0.240. The molecule has 0 aliphatic heterocycles. The lowest BCUT2D eigenvalue weighted by Crippen LogP contribution is -2.17. The first kappa shape index (κ1) is 17.2. The molecule has 94 valence electrons. The van der Waals surface area contributed by atoms with E-state index in [4.69, 9.17) is 15.5 Å². The fourth-order valence-corrected chi connectivity index (χ4v) is 0.909. The van der Waals surface area contributed by atoms with E-state index in [-0.39, 0.29) is 13.2 Å². The molecule has 0 spiro atoms. The van der Waals surface area contributed by atoms with E-state index in [0.717, 1.165) is 17.8 Å². The van der Waals surface area contributed by atoms with Crippen molar-refractivity contribution in [1.82, 2.24) is 0 Å². The predicted molar refractivity (Wildman–Crippen MR) is 60.5 cm³/mol. The molecule has 0 aliphatic rings. The molecular formula is C11H26O4. The number of hydrogen-bond donors (Lipinski definition) is 3. The van der Waals surface area contributed by atoms with Crippen LogP contribution < -0.4 is 0 Å². The van der Waals surface area contributed by atoms with Crippen molar-refractivity contribution >= 4 is 0 Å². The van der Waals surface area contributed by atoms with Crippen LogP contribution in [0.3, 0.4) is 0 Å². The molecule has 0 saturated heterocycles. The van der Waals surface area contributed by atoms with Gasteiger partial charge in [-0.1, -0.05) is 34.6 Å². The average molecular weight is 222 g/mol. The lowest BCUT2D eigenvalue weighted by molar-refractivity contribution is -0.258. The van der Waals surface area contributed by atoms with Gasteiger partial charge in [0.2, 0.25) is 0 Å². The molecule has 0 rings (SSSR count). The van der Waals surface area contributed by atoms with Gasteiger partial charge in [0.1, 0.15) is 12.7 Å². The van der Waals surface area contributed by atoms with Crippen LogP contribution in [0.25, 0.3) is 0 Å². The fraction of sp³-hybridized carbons (Fsp3) is 1.00. The van der Waals surface area contributed by atoms with E-state index in [1.54, 1.807) is 0 Å². The van der Waals surface area contributed by atoms with Crippen LogP contribution in [0, 0.1) is 17.8 Å². The highest BCUT2D eigenvalue weighted by Crippen LogP contribution is 2.18. The summed E-state index contributed by atoms with van der Waals surface area (Å²) >= 11 is 0. The molecule has 1 atom stereocenters. The Balaban J connectivity index is 0. The molecule has 0 radical (unpaired) electrons. The molecule has 3 N–H and O–H groups in total. The van der Waals surface area contributed by atoms with Gasteiger partial charge >= 0.3 is 0 Å². The normalized spacial score (nSPS) is 13.0. The van der Waals surface area contributed by atoms with Crippen molar-refractivity contribution in [3.8, 4) is 0 Å². The number of aliphatic hydroxyl groups excluding tert-OH is 2. The lowest BCUT2D eigenvalue weighted by Gasteiger charge is -2.18. The Morgan fingerprint density at radius 1 is 1.00 bits per heavy atom. The molecule has 0 aromatic heterocycles. The molecule has 0 saturated carbocycles. The topological polar surface area (TPSA) is 69.9 Å². The second-order valence-electron chi connectivity index (χ2n) is 4.48. The van der Waals surface area contributed by atoms with Gasteiger partial charge in [0, 0.05) is 0 Å². The van der Waals surface area contributed by atoms with Gasteiger partial charge in [0.15, 0.2) is 0 Å². The summed E-state index contributed by atoms with van der Waals surface area (Å²) < 4.78 is 0. The standard InChI is InChI=1S/C8H18.C3H8O4/c1-6(2)8(5)7(3)4;4-1-3(5)2-7-6/h6-8H,1-5H3;3-6H,1-2H2. The average Bonchev–Trinajstić information content (AvgIpc) is 2.17. The van der Waals surface area contributed by atoms with E-state index in [2.05, 4.69) is 39.5 Å². The molecule has 4 nitrogen and oxygen atoms in total. The van der Waals surface area contributed by atoms with Gasteiger partial charge in [0.25, 0.3) is 0 Å². The molecule has 0 aromatic rings.